The van der Waals surface area contributed by atoms with Gasteiger partial charge in [-0.25, -0.2) is 0 Å². The van der Waals surface area contributed by atoms with Gasteiger partial charge < -0.3 is 15.2 Å². The second-order valence-corrected chi connectivity index (χ2v) is 5.27. The number of methoxy groups -OCH3 is 2. The molecule has 2 N–H and O–H groups in total. The lowest BCUT2D eigenvalue weighted by Gasteiger charge is -2.12. The molecule has 2 aromatic carbocycles. The number of halogens is 1. The van der Waals surface area contributed by atoms with Gasteiger partial charge in [-0.1, -0.05) is 35.5 Å². The summed E-state index contributed by atoms with van der Waals surface area (Å²) < 4.78 is 10.5. The third kappa shape index (κ3) is 3.08. The van der Waals surface area contributed by atoms with Crippen LogP contribution in [0.4, 0.5) is 5.69 Å². The van der Waals surface area contributed by atoms with Gasteiger partial charge in [-0.2, -0.15) is 0 Å². The summed E-state index contributed by atoms with van der Waals surface area (Å²) in [5.74, 6) is 1.26. The van der Waals surface area contributed by atoms with E-state index >= 15 is 0 Å². The topological polar surface area (TPSA) is 44.5 Å². The van der Waals surface area contributed by atoms with Gasteiger partial charge in [-0.3, -0.25) is 0 Å². The summed E-state index contributed by atoms with van der Waals surface area (Å²) in [4.78, 5) is 1.83. The van der Waals surface area contributed by atoms with Gasteiger partial charge in [0.25, 0.3) is 0 Å². The van der Waals surface area contributed by atoms with E-state index in [0.717, 1.165) is 9.79 Å². The zero-order valence-electron chi connectivity index (χ0n) is 10.6. The van der Waals surface area contributed by atoms with Gasteiger partial charge in [0.15, 0.2) is 11.5 Å². The molecule has 0 bridgehead atoms. The first kappa shape index (κ1) is 13.9. The molecule has 3 nitrogen and oxygen atoms in total. The number of rotatable bonds is 4. The lowest BCUT2D eigenvalue weighted by molar-refractivity contribution is 0.354. The molecule has 0 aliphatic rings. The lowest BCUT2D eigenvalue weighted by atomic mass is 10.3. The predicted molar refractivity (Wildman–Crippen MR) is 79.5 cm³/mol. The number of benzene rings is 2. The Balaban J connectivity index is 2.38. The van der Waals surface area contributed by atoms with E-state index in [0.29, 0.717) is 22.2 Å². The van der Waals surface area contributed by atoms with Crippen LogP contribution in [0.15, 0.2) is 46.2 Å². The van der Waals surface area contributed by atoms with E-state index in [1.54, 1.807) is 20.3 Å². The van der Waals surface area contributed by atoms with Crippen LogP contribution in [0, 0.1) is 0 Å². The average molecular weight is 296 g/mol. The van der Waals surface area contributed by atoms with Crippen LogP contribution >= 0.6 is 23.4 Å². The van der Waals surface area contributed by atoms with Crippen molar-refractivity contribution in [2.45, 2.75) is 9.79 Å². The van der Waals surface area contributed by atoms with Crippen molar-refractivity contribution in [1.29, 1.82) is 0 Å². The molecule has 0 spiro atoms. The number of hydrogen-bond donors (Lipinski definition) is 1. The summed E-state index contributed by atoms with van der Waals surface area (Å²) in [6.07, 6.45) is 0. The van der Waals surface area contributed by atoms with Gasteiger partial charge in [0.05, 0.1) is 19.2 Å². The minimum Gasteiger partial charge on any atom is -0.493 e. The molecule has 0 amide bonds. The van der Waals surface area contributed by atoms with Crippen LogP contribution in [0.25, 0.3) is 0 Å². The van der Waals surface area contributed by atoms with Crippen molar-refractivity contribution in [2.75, 3.05) is 20.0 Å². The molecule has 2 rings (SSSR count). The molecule has 0 aliphatic heterocycles. The largest absolute Gasteiger partial charge is 0.493 e. The van der Waals surface area contributed by atoms with Gasteiger partial charge in [0.2, 0.25) is 0 Å². The molecule has 0 unspecified atom stereocenters. The fourth-order valence-corrected chi connectivity index (χ4v) is 2.75. The molecule has 2 aromatic rings. The average Bonchev–Trinajstić information content (AvgIpc) is 2.42. The van der Waals surface area contributed by atoms with Gasteiger partial charge in [-0.15, -0.1) is 0 Å². The Morgan fingerprint density at radius 2 is 1.63 bits per heavy atom. The van der Waals surface area contributed by atoms with Crippen molar-refractivity contribution in [3.63, 3.8) is 0 Å². The summed E-state index contributed by atoms with van der Waals surface area (Å²) in [6.45, 7) is 0. The molecular formula is C14H14ClNO2S. The molecule has 19 heavy (non-hydrogen) atoms. The minimum absolute atomic E-state index is 0.614. The van der Waals surface area contributed by atoms with Gasteiger partial charge in [0.1, 0.15) is 0 Å². The van der Waals surface area contributed by atoms with Crippen molar-refractivity contribution in [2.24, 2.45) is 0 Å². The summed E-state index contributed by atoms with van der Waals surface area (Å²) in [5.41, 5.74) is 6.65. The standard InChI is InChI=1S/C14H14ClNO2S/c1-17-11-7-10(16)14(8-12(11)18-2)19-13-6-4-3-5-9(13)15/h3-8H,16H2,1-2H3. The van der Waals surface area contributed by atoms with Crippen molar-refractivity contribution < 1.29 is 9.47 Å². The number of nitrogen functional groups attached to an aromatic ring is 1. The summed E-state index contributed by atoms with van der Waals surface area (Å²) >= 11 is 7.64. The first-order chi connectivity index (χ1) is 9.15. The number of anilines is 1. The molecular weight excluding hydrogens is 282 g/mol. The van der Waals surface area contributed by atoms with E-state index in [1.807, 2.05) is 30.3 Å². The maximum Gasteiger partial charge on any atom is 0.162 e. The number of nitrogens with two attached hydrogens (primary N) is 1. The van der Waals surface area contributed by atoms with E-state index in [1.165, 1.54) is 11.8 Å². The molecule has 0 fully saturated rings. The third-order valence-electron chi connectivity index (χ3n) is 2.57. The Morgan fingerprint density at radius 3 is 2.26 bits per heavy atom. The monoisotopic (exact) mass is 295 g/mol. The van der Waals surface area contributed by atoms with Gasteiger partial charge in [-0.05, 0) is 18.2 Å². The molecule has 0 aliphatic carbocycles. The summed E-state index contributed by atoms with van der Waals surface area (Å²) in [5, 5.41) is 0.696. The van der Waals surface area contributed by atoms with E-state index in [-0.39, 0.29) is 0 Å². The highest BCUT2D eigenvalue weighted by atomic mass is 35.5. The summed E-state index contributed by atoms with van der Waals surface area (Å²) in [6, 6.07) is 11.2. The highest BCUT2D eigenvalue weighted by molar-refractivity contribution is 7.99. The van der Waals surface area contributed by atoms with Crippen LogP contribution in [0.2, 0.25) is 5.02 Å². The smallest absolute Gasteiger partial charge is 0.162 e. The third-order valence-corrected chi connectivity index (χ3v) is 4.16. The van der Waals surface area contributed by atoms with Crippen LogP contribution in [0.1, 0.15) is 0 Å². The second-order valence-electron chi connectivity index (χ2n) is 3.78. The number of hydrogen-bond acceptors (Lipinski definition) is 4. The van der Waals surface area contributed by atoms with Crippen molar-refractivity contribution in [3.8, 4) is 11.5 Å². The van der Waals surface area contributed by atoms with Crippen LogP contribution in [0.3, 0.4) is 0 Å². The SMILES string of the molecule is COc1cc(N)c(Sc2ccccc2Cl)cc1OC. The Kier molecular flexibility index (Phi) is 4.45. The van der Waals surface area contributed by atoms with Crippen LogP contribution in [-0.4, -0.2) is 14.2 Å². The van der Waals surface area contributed by atoms with Crippen molar-refractivity contribution in [3.05, 3.63) is 41.4 Å². The Morgan fingerprint density at radius 1 is 1.00 bits per heavy atom. The van der Waals surface area contributed by atoms with E-state index in [2.05, 4.69) is 0 Å². The van der Waals surface area contributed by atoms with Crippen molar-refractivity contribution in [1.82, 2.24) is 0 Å². The quantitative estimate of drug-likeness (QED) is 0.863. The van der Waals surface area contributed by atoms with Crippen LogP contribution < -0.4 is 15.2 Å². The Hall–Kier alpha value is -1.52. The Bertz CT molecular complexity index is 590. The minimum atomic E-state index is 0.614. The summed E-state index contributed by atoms with van der Waals surface area (Å²) in [7, 11) is 3.18. The first-order valence-corrected chi connectivity index (χ1v) is 6.79. The van der Waals surface area contributed by atoms with Gasteiger partial charge in [0, 0.05) is 21.5 Å². The molecule has 0 atom stereocenters. The normalized spacial score (nSPS) is 10.3. The fraction of sp³-hybridized carbons (Fsp3) is 0.143. The molecule has 5 heteroatoms. The predicted octanol–water partition coefficient (Wildman–Crippen LogP) is 4.09. The number of ether oxygens (including phenoxy) is 2. The molecule has 100 valence electrons. The van der Waals surface area contributed by atoms with E-state index < -0.39 is 0 Å². The molecule has 0 radical (unpaired) electrons. The first-order valence-electron chi connectivity index (χ1n) is 5.59. The maximum atomic E-state index is 6.14. The second kappa shape index (κ2) is 6.08. The molecule has 0 heterocycles. The van der Waals surface area contributed by atoms with E-state index in [4.69, 9.17) is 26.8 Å². The zero-order valence-corrected chi connectivity index (χ0v) is 12.2. The maximum absolute atomic E-state index is 6.14. The van der Waals surface area contributed by atoms with Crippen molar-refractivity contribution >= 4 is 29.1 Å². The van der Waals surface area contributed by atoms with E-state index in [9.17, 15) is 0 Å². The lowest BCUT2D eigenvalue weighted by Crippen LogP contribution is -1.95. The van der Waals surface area contributed by atoms with Gasteiger partial charge >= 0.3 is 0 Å². The fourth-order valence-electron chi connectivity index (χ4n) is 1.61. The highest BCUT2D eigenvalue weighted by Gasteiger charge is 2.11. The van der Waals surface area contributed by atoms with Crippen LogP contribution in [0.5, 0.6) is 11.5 Å². The molecule has 0 saturated heterocycles. The Labute approximate surface area is 121 Å². The highest BCUT2D eigenvalue weighted by Crippen LogP contribution is 2.41. The molecule has 0 aromatic heterocycles. The van der Waals surface area contributed by atoms with Crippen LogP contribution in [-0.2, 0) is 0 Å². The molecule has 0 saturated carbocycles. The zero-order chi connectivity index (χ0) is 13.8.